The molecule has 1 N–H and O–H groups in total. The summed E-state index contributed by atoms with van der Waals surface area (Å²) >= 11 is 1.38. The largest absolute Gasteiger partial charge is 0.271 e. The van der Waals surface area contributed by atoms with Crippen molar-refractivity contribution in [3.05, 3.63) is 48.0 Å². The standard InChI is InChI=1S/C17H16N6S/c1-3-12-4-7-14(8-5-12)23-21-15-9-6-13(10-16(15)22-23)20-17(24-2)19-11-18/h4-10H,3H2,1-2H3,(H,19,20). The molecule has 0 bridgehead atoms. The molecular formula is C17H16N6S. The molecule has 24 heavy (non-hydrogen) atoms. The minimum absolute atomic E-state index is 0.541. The second-order valence-corrected chi connectivity index (χ2v) is 5.84. The lowest BCUT2D eigenvalue weighted by Gasteiger charge is -2.00. The van der Waals surface area contributed by atoms with E-state index in [-0.39, 0.29) is 0 Å². The molecule has 2 aromatic carbocycles. The summed E-state index contributed by atoms with van der Waals surface area (Å²) in [6.07, 6.45) is 4.74. The van der Waals surface area contributed by atoms with Gasteiger partial charge in [0, 0.05) is 0 Å². The predicted octanol–water partition coefficient (Wildman–Crippen LogP) is 3.40. The number of rotatable bonds is 3. The molecule has 0 fully saturated rings. The van der Waals surface area contributed by atoms with E-state index >= 15 is 0 Å². The number of aromatic nitrogens is 3. The number of hydrogen-bond donors (Lipinski definition) is 1. The zero-order valence-corrected chi connectivity index (χ0v) is 14.2. The molecule has 0 radical (unpaired) electrons. The maximum Gasteiger partial charge on any atom is 0.183 e. The second-order valence-electron chi connectivity index (χ2n) is 5.04. The number of fused-ring (bicyclic) bond motifs is 1. The van der Waals surface area contributed by atoms with E-state index in [0.29, 0.717) is 5.17 Å². The quantitative estimate of drug-likeness (QED) is 0.343. The second kappa shape index (κ2) is 7.15. The number of hydrogen-bond acceptors (Lipinski definition) is 5. The number of nitriles is 1. The monoisotopic (exact) mass is 336 g/mol. The van der Waals surface area contributed by atoms with Crippen molar-refractivity contribution >= 4 is 33.7 Å². The van der Waals surface area contributed by atoms with Crippen LogP contribution < -0.4 is 5.32 Å². The van der Waals surface area contributed by atoms with Gasteiger partial charge in [-0.2, -0.15) is 10.1 Å². The summed E-state index contributed by atoms with van der Waals surface area (Å²) in [5.74, 6) is 0. The van der Waals surface area contributed by atoms with Gasteiger partial charge in [0.05, 0.1) is 11.4 Å². The van der Waals surface area contributed by atoms with E-state index in [0.717, 1.165) is 28.8 Å². The zero-order valence-electron chi connectivity index (χ0n) is 13.4. The fourth-order valence-electron chi connectivity index (χ4n) is 2.24. The van der Waals surface area contributed by atoms with E-state index in [2.05, 4.69) is 39.6 Å². The molecule has 120 valence electrons. The first-order valence-electron chi connectivity index (χ1n) is 7.47. The summed E-state index contributed by atoms with van der Waals surface area (Å²) in [7, 11) is 0. The van der Waals surface area contributed by atoms with Crippen LogP contribution in [0.3, 0.4) is 0 Å². The Bertz CT molecular complexity index is 920. The van der Waals surface area contributed by atoms with Crippen LogP contribution in [0.15, 0.2) is 47.5 Å². The number of thioether (sulfide) groups is 1. The van der Waals surface area contributed by atoms with Crippen molar-refractivity contribution in [2.75, 3.05) is 6.26 Å². The van der Waals surface area contributed by atoms with Gasteiger partial charge in [-0.1, -0.05) is 30.8 Å². The highest BCUT2D eigenvalue weighted by Gasteiger charge is 2.06. The Morgan fingerprint density at radius 2 is 1.96 bits per heavy atom. The molecule has 7 heteroatoms. The molecule has 0 aliphatic rings. The Morgan fingerprint density at radius 3 is 2.62 bits per heavy atom. The number of benzene rings is 2. The smallest absolute Gasteiger partial charge is 0.183 e. The van der Waals surface area contributed by atoms with E-state index in [1.54, 1.807) is 4.80 Å². The fourth-order valence-corrected chi connectivity index (χ4v) is 2.59. The molecule has 1 heterocycles. The summed E-state index contributed by atoms with van der Waals surface area (Å²) in [4.78, 5) is 6.02. The molecule has 0 spiro atoms. The van der Waals surface area contributed by atoms with Crippen LogP contribution in [0.25, 0.3) is 16.7 Å². The van der Waals surface area contributed by atoms with Gasteiger partial charge in [-0.05, 0) is 48.6 Å². The highest BCUT2D eigenvalue weighted by Crippen LogP contribution is 2.21. The molecular weight excluding hydrogens is 320 g/mol. The van der Waals surface area contributed by atoms with E-state index in [1.807, 2.05) is 42.8 Å². The number of nitrogens with one attached hydrogen (secondary N) is 1. The Morgan fingerprint density at radius 1 is 1.21 bits per heavy atom. The molecule has 1 aromatic heterocycles. The summed E-state index contributed by atoms with van der Waals surface area (Å²) in [6, 6.07) is 13.8. The number of amidine groups is 1. The SMILES string of the molecule is CCc1ccc(-n2nc3ccc(N=C(NC#N)SC)cc3n2)cc1. The minimum atomic E-state index is 0.541. The lowest BCUT2D eigenvalue weighted by Crippen LogP contribution is -2.12. The van der Waals surface area contributed by atoms with Crippen molar-refractivity contribution in [1.29, 1.82) is 5.26 Å². The van der Waals surface area contributed by atoms with Gasteiger partial charge < -0.3 is 0 Å². The van der Waals surface area contributed by atoms with E-state index in [1.165, 1.54) is 17.3 Å². The third-order valence-electron chi connectivity index (χ3n) is 3.53. The van der Waals surface area contributed by atoms with Crippen molar-refractivity contribution < 1.29 is 0 Å². The van der Waals surface area contributed by atoms with E-state index in [9.17, 15) is 0 Å². The minimum Gasteiger partial charge on any atom is -0.271 e. The van der Waals surface area contributed by atoms with Crippen LogP contribution in [0, 0.1) is 11.5 Å². The van der Waals surface area contributed by atoms with Gasteiger partial charge >= 0.3 is 0 Å². The molecule has 3 rings (SSSR count). The number of aryl methyl sites for hydroxylation is 1. The number of nitrogens with zero attached hydrogens (tertiary/aromatic N) is 5. The lowest BCUT2D eigenvalue weighted by molar-refractivity contribution is 0.765. The number of aliphatic imine (C=N–C) groups is 1. The average molecular weight is 336 g/mol. The van der Waals surface area contributed by atoms with E-state index < -0.39 is 0 Å². The molecule has 0 saturated heterocycles. The summed E-state index contributed by atoms with van der Waals surface area (Å²) in [5, 5.41) is 20.8. The highest BCUT2D eigenvalue weighted by atomic mass is 32.2. The van der Waals surface area contributed by atoms with Crippen molar-refractivity contribution in [3.63, 3.8) is 0 Å². The Balaban J connectivity index is 1.95. The first-order valence-corrected chi connectivity index (χ1v) is 8.70. The van der Waals surface area contributed by atoms with Gasteiger partial charge in [0.1, 0.15) is 11.0 Å². The Hall–Kier alpha value is -2.85. The third-order valence-corrected chi connectivity index (χ3v) is 4.11. The van der Waals surface area contributed by atoms with Gasteiger partial charge in [-0.3, -0.25) is 5.32 Å². The van der Waals surface area contributed by atoms with Crippen LogP contribution in [0.2, 0.25) is 0 Å². The normalized spacial score (nSPS) is 11.5. The summed E-state index contributed by atoms with van der Waals surface area (Å²) < 4.78 is 0. The van der Waals surface area contributed by atoms with Crippen molar-refractivity contribution in [1.82, 2.24) is 20.3 Å². The van der Waals surface area contributed by atoms with Crippen LogP contribution in [-0.2, 0) is 6.42 Å². The first kappa shape index (κ1) is 16.0. The van der Waals surface area contributed by atoms with Crippen LogP contribution in [0.5, 0.6) is 0 Å². The maximum absolute atomic E-state index is 8.70. The van der Waals surface area contributed by atoms with Crippen LogP contribution >= 0.6 is 11.8 Å². The summed E-state index contributed by atoms with van der Waals surface area (Å²) in [5.41, 5.74) is 4.48. The Labute approximate surface area is 144 Å². The lowest BCUT2D eigenvalue weighted by atomic mass is 10.2. The van der Waals surface area contributed by atoms with Crippen molar-refractivity contribution in [2.45, 2.75) is 13.3 Å². The van der Waals surface area contributed by atoms with Crippen LogP contribution in [0.1, 0.15) is 12.5 Å². The molecule has 0 aliphatic carbocycles. The van der Waals surface area contributed by atoms with E-state index in [4.69, 9.17) is 5.26 Å². The summed E-state index contributed by atoms with van der Waals surface area (Å²) in [6.45, 7) is 2.13. The van der Waals surface area contributed by atoms with Gasteiger partial charge in [0.2, 0.25) is 0 Å². The zero-order chi connectivity index (χ0) is 16.9. The van der Waals surface area contributed by atoms with Crippen LogP contribution in [-0.4, -0.2) is 26.4 Å². The Kier molecular flexibility index (Phi) is 4.77. The average Bonchev–Trinajstić information content (AvgIpc) is 3.04. The molecule has 3 aromatic rings. The first-order chi connectivity index (χ1) is 11.7. The molecule has 0 atom stereocenters. The van der Waals surface area contributed by atoms with Gasteiger partial charge in [0.25, 0.3) is 0 Å². The molecule has 0 aliphatic heterocycles. The van der Waals surface area contributed by atoms with Gasteiger partial charge in [0.15, 0.2) is 11.4 Å². The van der Waals surface area contributed by atoms with Crippen LogP contribution in [0.4, 0.5) is 5.69 Å². The van der Waals surface area contributed by atoms with Gasteiger partial charge in [-0.15, -0.1) is 10.2 Å². The highest BCUT2D eigenvalue weighted by molar-refractivity contribution is 8.13. The molecule has 0 amide bonds. The van der Waals surface area contributed by atoms with Gasteiger partial charge in [-0.25, -0.2) is 4.99 Å². The molecule has 6 nitrogen and oxygen atoms in total. The van der Waals surface area contributed by atoms with Crippen molar-refractivity contribution in [2.24, 2.45) is 4.99 Å². The predicted molar refractivity (Wildman–Crippen MR) is 97.6 cm³/mol. The molecule has 0 unspecified atom stereocenters. The third kappa shape index (κ3) is 3.39. The maximum atomic E-state index is 8.70. The topological polar surface area (TPSA) is 78.9 Å². The molecule has 0 saturated carbocycles. The fraction of sp³-hybridized carbons (Fsp3) is 0.176. The van der Waals surface area contributed by atoms with Crippen molar-refractivity contribution in [3.8, 4) is 11.9 Å².